The second kappa shape index (κ2) is 7.63. The average molecular weight is 445 g/mol. The topological polar surface area (TPSA) is 104 Å². The number of allylic oxidation sites excluding steroid dienone is 1. The summed E-state index contributed by atoms with van der Waals surface area (Å²) in [5.74, 6) is -1.50. The van der Waals surface area contributed by atoms with Gasteiger partial charge in [0.2, 0.25) is 5.78 Å². The van der Waals surface area contributed by atoms with Crippen molar-refractivity contribution in [1.29, 1.82) is 0 Å². The fourth-order valence-electron chi connectivity index (χ4n) is 7.58. The molecule has 3 saturated carbocycles. The quantitative estimate of drug-likeness (QED) is 0.614. The smallest absolute Gasteiger partial charge is 0.303 e. The maximum atomic E-state index is 13.7. The van der Waals surface area contributed by atoms with Gasteiger partial charge in [-0.3, -0.25) is 24.0 Å². The van der Waals surface area contributed by atoms with Crippen molar-refractivity contribution in [2.24, 2.45) is 28.6 Å². The summed E-state index contributed by atoms with van der Waals surface area (Å²) in [6.45, 7) is 6.03. The van der Waals surface area contributed by atoms with E-state index in [1.807, 2.05) is 6.92 Å². The number of hydrogen-bond acceptors (Lipinski definition) is 7. The van der Waals surface area contributed by atoms with E-state index in [2.05, 4.69) is 6.92 Å². The van der Waals surface area contributed by atoms with Crippen molar-refractivity contribution in [3.05, 3.63) is 11.6 Å². The van der Waals surface area contributed by atoms with Crippen LogP contribution in [0.15, 0.2) is 11.6 Å². The molecule has 0 bridgehead atoms. The van der Waals surface area contributed by atoms with E-state index >= 15 is 0 Å². The summed E-state index contributed by atoms with van der Waals surface area (Å²) < 4.78 is 10.7. The third-order valence-corrected chi connectivity index (χ3v) is 8.95. The van der Waals surface area contributed by atoms with Crippen LogP contribution in [-0.4, -0.2) is 41.5 Å². The highest BCUT2D eigenvalue weighted by atomic mass is 16.6. The Hall–Kier alpha value is -2.31. The zero-order chi connectivity index (χ0) is 23.5. The second-order valence-corrected chi connectivity index (χ2v) is 10.6. The SMILES string of the molecule is CC(=O)OCC(=O)[C@@]1(OC(C)=O)CC[C@H]2[C@@H]3CCC4=CC(=O)CC[C@]4(C)[C@H]3C(=O)C[C@@]21C. The lowest BCUT2D eigenvalue weighted by molar-refractivity contribution is -0.191. The predicted molar refractivity (Wildman–Crippen MR) is 113 cm³/mol. The van der Waals surface area contributed by atoms with Crippen molar-refractivity contribution in [2.75, 3.05) is 6.61 Å². The van der Waals surface area contributed by atoms with Gasteiger partial charge in [0.05, 0.1) is 0 Å². The Balaban J connectivity index is 1.73. The summed E-state index contributed by atoms with van der Waals surface area (Å²) >= 11 is 0. The number of hydrogen-bond donors (Lipinski definition) is 0. The largest absolute Gasteiger partial charge is 0.458 e. The van der Waals surface area contributed by atoms with Gasteiger partial charge in [-0.1, -0.05) is 19.4 Å². The number of rotatable bonds is 4. The molecule has 7 heteroatoms. The van der Waals surface area contributed by atoms with Crippen molar-refractivity contribution in [3.63, 3.8) is 0 Å². The molecule has 4 rings (SSSR count). The molecule has 0 aromatic rings. The minimum Gasteiger partial charge on any atom is -0.458 e. The number of esters is 2. The van der Waals surface area contributed by atoms with Crippen LogP contribution in [0, 0.1) is 28.6 Å². The molecule has 0 N–H and O–H groups in total. The first-order valence-electron chi connectivity index (χ1n) is 11.6. The standard InChI is InChI=1S/C25H32O7/c1-14(26)31-13-21(30)25(32-15(2)27)10-8-19-18-6-5-16-11-17(28)7-9-23(16,3)22(18)20(29)12-24(19,25)4/h11,18-19,22H,5-10,12-13H2,1-4H3/t18-,19-,22+,23-,24-,25-/m0/s1. The lowest BCUT2D eigenvalue weighted by atomic mass is 9.46. The summed E-state index contributed by atoms with van der Waals surface area (Å²) in [6.07, 6.45) is 5.55. The van der Waals surface area contributed by atoms with Crippen LogP contribution in [0.4, 0.5) is 0 Å². The van der Waals surface area contributed by atoms with Gasteiger partial charge in [0, 0.05) is 38.0 Å². The number of ketones is 3. The molecule has 0 radical (unpaired) electrons. The van der Waals surface area contributed by atoms with Gasteiger partial charge in [-0.15, -0.1) is 0 Å². The third-order valence-electron chi connectivity index (χ3n) is 8.95. The number of Topliss-reactive ketones (excluding diaryl/α,β-unsaturated/α-hetero) is 2. The summed E-state index contributed by atoms with van der Waals surface area (Å²) in [4.78, 5) is 62.5. The number of fused-ring (bicyclic) bond motifs is 5. The summed E-state index contributed by atoms with van der Waals surface area (Å²) in [5.41, 5.74) is -1.57. The molecule has 0 spiro atoms. The molecule has 0 amide bonds. The first kappa shape index (κ1) is 22.9. The fourth-order valence-corrected chi connectivity index (χ4v) is 7.58. The van der Waals surface area contributed by atoms with Crippen LogP contribution in [0.25, 0.3) is 0 Å². The van der Waals surface area contributed by atoms with Gasteiger partial charge in [0.1, 0.15) is 5.78 Å². The van der Waals surface area contributed by atoms with Crippen LogP contribution in [0.2, 0.25) is 0 Å². The van der Waals surface area contributed by atoms with Crippen LogP contribution >= 0.6 is 0 Å². The average Bonchev–Trinajstić information content (AvgIpc) is 2.98. The van der Waals surface area contributed by atoms with Crippen LogP contribution in [-0.2, 0) is 33.4 Å². The molecule has 32 heavy (non-hydrogen) atoms. The van der Waals surface area contributed by atoms with Crippen LogP contribution in [0.3, 0.4) is 0 Å². The predicted octanol–water partition coefficient (Wildman–Crippen LogP) is 3.13. The maximum absolute atomic E-state index is 13.7. The lowest BCUT2D eigenvalue weighted by Crippen LogP contribution is -2.62. The Morgan fingerprint density at radius 2 is 1.75 bits per heavy atom. The van der Waals surface area contributed by atoms with Crippen molar-refractivity contribution < 1.29 is 33.4 Å². The highest BCUT2D eigenvalue weighted by Crippen LogP contribution is 2.67. The first-order chi connectivity index (χ1) is 14.9. The first-order valence-corrected chi connectivity index (χ1v) is 11.6. The lowest BCUT2D eigenvalue weighted by Gasteiger charge is -2.58. The Labute approximate surface area is 188 Å². The Morgan fingerprint density at radius 1 is 1.03 bits per heavy atom. The Kier molecular flexibility index (Phi) is 5.45. The number of ether oxygens (including phenoxy) is 2. The zero-order valence-electron chi connectivity index (χ0n) is 19.3. The van der Waals surface area contributed by atoms with E-state index in [0.717, 1.165) is 18.4 Å². The highest BCUT2D eigenvalue weighted by Gasteiger charge is 2.70. The van der Waals surface area contributed by atoms with Gasteiger partial charge in [-0.2, -0.15) is 0 Å². The molecule has 4 aliphatic carbocycles. The molecule has 3 fully saturated rings. The number of carbonyl (C=O) groups excluding carboxylic acids is 5. The van der Waals surface area contributed by atoms with E-state index in [-0.39, 0.29) is 41.2 Å². The van der Waals surface area contributed by atoms with E-state index in [0.29, 0.717) is 25.7 Å². The van der Waals surface area contributed by atoms with Gasteiger partial charge >= 0.3 is 11.9 Å². The monoisotopic (exact) mass is 444 g/mol. The molecule has 4 aliphatic rings. The minimum absolute atomic E-state index is 0.0295. The van der Waals surface area contributed by atoms with E-state index in [4.69, 9.17) is 9.47 Å². The van der Waals surface area contributed by atoms with E-state index in [1.54, 1.807) is 6.08 Å². The minimum atomic E-state index is -1.47. The highest BCUT2D eigenvalue weighted by molar-refractivity contribution is 5.96. The zero-order valence-corrected chi connectivity index (χ0v) is 19.3. The van der Waals surface area contributed by atoms with Crippen molar-refractivity contribution in [1.82, 2.24) is 0 Å². The maximum Gasteiger partial charge on any atom is 0.303 e. The van der Waals surface area contributed by atoms with Gasteiger partial charge in [0.25, 0.3) is 0 Å². The third kappa shape index (κ3) is 3.19. The summed E-state index contributed by atoms with van der Waals surface area (Å²) in [7, 11) is 0. The van der Waals surface area contributed by atoms with E-state index in [9.17, 15) is 24.0 Å². The van der Waals surface area contributed by atoms with Crippen LogP contribution < -0.4 is 0 Å². The molecular formula is C25H32O7. The normalized spacial score (nSPS) is 40.5. The molecule has 174 valence electrons. The molecule has 6 atom stereocenters. The second-order valence-electron chi connectivity index (χ2n) is 10.6. The molecule has 0 aliphatic heterocycles. The van der Waals surface area contributed by atoms with Gasteiger partial charge in [0.15, 0.2) is 18.0 Å². The van der Waals surface area contributed by atoms with E-state index < -0.39 is 35.3 Å². The fraction of sp³-hybridized carbons (Fsp3) is 0.720. The molecule has 0 aromatic carbocycles. The van der Waals surface area contributed by atoms with Crippen LogP contribution in [0.5, 0.6) is 0 Å². The molecule has 0 heterocycles. The summed E-state index contributed by atoms with van der Waals surface area (Å²) in [5, 5.41) is 0. The molecule has 0 aromatic heterocycles. The Bertz CT molecular complexity index is 933. The van der Waals surface area contributed by atoms with Crippen molar-refractivity contribution >= 4 is 29.3 Å². The van der Waals surface area contributed by atoms with Crippen molar-refractivity contribution in [2.45, 2.75) is 78.2 Å². The summed E-state index contributed by atoms with van der Waals surface area (Å²) in [6, 6.07) is 0. The Morgan fingerprint density at radius 3 is 2.41 bits per heavy atom. The molecule has 7 nitrogen and oxygen atoms in total. The number of carbonyl (C=O) groups is 5. The van der Waals surface area contributed by atoms with Gasteiger partial charge in [-0.25, -0.2) is 0 Å². The van der Waals surface area contributed by atoms with E-state index in [1.165, 1.54) is 13.8 Å². The van der Waals surface area contributed by atoms with Gasteiger partial charge in [-0.05, 0) is 55.4 Å². The molecule has 0 unspecified atom stereocenters. The van der Waals surface area contributed by atoms with Crippen molar-refractivity contribution in [3.8, 4) is 0 Å². The van der Waals surface area contributed by atoms with Gasteiger partial charge < -0.3 is 9.47 Å². The molecular weight excluding hydrogens is 412 g/mol. The van der Waals surface area contributed by atoms with Crippen LogP contribution in [0.1, 0.15) is 72.6 Å². The molecule has 0 saturated heterocycles.